The summed E-state index contributed by atoms with van der Waals surface area (Å²) in [6.07, 6.45) is -0.388. The summed E-state index contributed by atoms with van der Waals surface area (Å²) in [4.78, 5) is 81.6. The first-order chi connectivity index (χ1) is 18.1. The van der Waals surface area contributed by atoms with Gasteiger partial charge in [-0.3, -0.25) is 38.6 Å². The van der Waals surface area contributed by atoms with Crippen molar-refractivity contribution in [2.75, 3.05) is 26.5 Å². The van der Waals surface area contributed by atoms with Crippen LogP contribution in [0.3, 0.4) is 0 Å². The molecule has 1 aromatic carbocycles. The number of nitrogens with zero attached hydrogens (tertiary/aromatic N) is 2. The molecule has 208 valence electrons. The molecule has 7 atom stereocenters. The molecule has 4 aliphatic rings. The van der Waals surface area contributed by atoms with E-state index in [9.17, 15) is 39.0 Å². The van der Waals surface area contributed by atoms with Gasteiger partial charge in [0.1, 0.15) is 5.82 Å². The first-order valence-electron chi connectivity index (χ1n) is 12.6. The van der Waals surface area contributed by atoms with Gasteiger partial charge in [-0.25, -0.2) is 4.39 Å². The number of anilines is 1. The average Bonchev–Trinajstić information content (AvgIpc) is 2.96. The second kappa shape index (κ2) is 8.73. The van der Waals surface area contributed by atoms with Crippen LogP contribution in [0.15, 0.2) is 0 Å². The molecular weight excluding hydrogens is 515 g/mol. The number of phenols is 1. The van der Waals surface area contributed by atoms with Gasteiger partial charge in [0.25, 0.3) is 0 Å². The lowest BCUT2D eigenvalue weighted by molar-refractivity contribution is -0.181. The average molecular weight is 545 g/mol. The van der Waals surface area contributed by atoms with E-state index >= 15 is 4.39 Å². The number of benzene rings is 1. The minimum Gasteiger partial charge on any atom is -0.505 e. The second-order valence-corrected chi connectivity index (χ2v) is 11.2. The Bertz CT molecular complexity index is 1390. The van der Waals surface area contributed by atoms with E-state index in [0.717, 1.165) is 0 Å². The van der Waals surface area contributed by atoms with E-state index in [2.05, 4.69) is 5.32 Å². The molecule has 1 heterocycles. The van der Waals surface area contributed by atoms with Gasteiger partial charge in [0, 0.05) is 23.6 Å². The molecule has 0 spiro atoms. The maximum atomic E-state index is 16.0. The second-order valence-electron chi connectivity index (χ2n) is 11.2. The summed E-state index contributed by atoms with van der Waals surface area (Å²) in [5, 5.41) is 25.2. The van der Waals surface area contributed by atoms with Crippen LogP contribution < -0.4 is 11.1 Å². The molecular formula is C26H29FN4O8. The number of hydrogen-bond acceptors (Lipinski definition) is 10. The molecule has 2 saturated carbocycles. The Labute approximate surface area is 222 Å². The molecule has 5 N–H and O–H groups in total. The number of aromatic hydroxyl groups is 1. The number of rotatable bonds is 2. The van der Waals surface area contributed by atoms with Crippen molar-refractivity contribution < 1.29 is 43.4 Å². The van der Waals surface area contributed by atoms with Gasteiger partial charge >= 0.3 is 0 Å². The summed E-state index contributed by atoms with van der Waals surface area (Å²) < 4.78 is 16.0. The highest BCUT2D eigenvalue weighted by atomic mass is 19.1. The molecule has 1 aromatic rings. The minimum atomic E-state index is -2.87. The van der Waals surface area contributed by atoms with Gasteiger partial charge in [0.15, 0.2) is 40.4 Å². The topological polar surface area (TPSA) is 187 Å². The summed E-state index contributed by atoms with van der Waals surface area (Å²) in [6.45, 7) is 1.54. The zero-order valence-corrected chi connectivity index (χ0v) is 21.8. The quantitative estimate of drug-likeness (QED) is 0.260. The molecule has 13 heteroatoms. The van der Waals surface area contributed by atoms with E-state index in [1.165, 1.54) is 19.0 Å². The Kier molecular flexibility index (Phi) is 6.05. The molecule has 0 aromatic heterocycles. The van der Waals surface area contributed by atoms with Gasteiger partial charge in [-0.15, -0.1) is 0 Å². The van der Waals surface area contributed by atoms with Crippen LogP contribution in [0, 0.1) is 29.5 Å². The van der Waals surface area contributed by atoms with Gasteiger partial charge in [-0.05, 0) is 46.8 Å². The summed E-state index contributed by atoms with van der Waals surface area (Å²) >= 11 is 0. The first-order valence-corrected chi connectivity index (χ1v) is 12.6. The van der Waals surface area contributed by atoms with Crippen LogP contribution in [-0.4, -0.2) is 93.8 Å². The molecule has 1 aliphatic heterocycles. The molecule has 5 rings (SSSR count). The van der Waals surface area contributed by atoms with E-state index in [0.29, 0.717) is 0 Å². The number of primary amides is 1. The van der Waals surface area contributed by atoms with Crippen LogP contribution in [-0.2, 0) is 36.9 Å². The Morgan fingerprint density at radius 2 is 1.79 bits per heavy atom. The Hall–Kier alpha value is -3.55. The highest BCUT2D eigenvalue weighted by molar-refractivity contribution is 6.32. The van der Waals surface area contributed by atoms with Gasteiger partial charge in [0.05, 0.1) is 29.3 Å². The number of ketones is 4. The third kappa shape index (κ3) is 3.46. The van der Waals surface area contributed by atoms with Crippen molar-refractivity contribution in [1.82, 2.24) is 9.80 Å². The number of fused-ring (bicyclic) bond motifs is 4. The van der Waals surface area contributed by atoms with Crippen molar-refractivity contribution in [3.8, 4) is 5.75 Å². The standard InChI is InChI=1S/C26H29FN4O8/c1-8-25(38)29-17-11(7-31(8)4)16(27)10-5-9-6-12-18(30(2)3)21(34)15(24(28)37)23(36)26(12,39)22(35)13(9)19(32)14(10)20(17)33/h8-9,12-13,15,18,33,39H,5-7H2,1-4H3,(H2,28,37)(H,29,38)/t8-,9-,12-,13?,15?,18-,26-/m0/s1. The van der Waals surface area contributed by atoms with E-state index < -0.39 is 93.4 Å². The molecule has 2 unspecified atom stereocenters. The molecule has 0 radical (unpaired) electrons. The lowest BCUT2D eigenvalue weighted by atomic mass is 9.52. The maximum absolute atomic E-state index is 16.0. The van der Waals surface area contributed by atoms with Gasteiger partial charge < -0.3 is 21.3 Å². The van der Waals surface area contributed by atoms with E-state index in [1.807, 2.05) is 0 Å². The smallest absolute Gasteiger partial charge is 0.241 e. The first kappa shape index (κ1) is 27.0. The molecule has 39 heavy (non-hydrogen) atoms. The van der Waals surface area contributed by atoms with E-state index in [4.69, 9.17) is 5.73 Å². The van der Waals surface area contributed by atoms with E-state index in [1.54, 1.807) is 18.9 Å². The fraction of sp³-hybridized carbons (Fsp3) is 0.538. The monoisotopic (exact) mass is 544 g/mol. The zero-order valence-electron chi connectivity index (χ0n) is 21.8. The largest absolute Gasteiger partial charge is 0.505 e. The zero-order chi connectivity index (χ0) is 28.9. The third-order valence-corrected chi connectivity index (χ3v) is 8.96. The van der Waals surface area contributed by atoms with Crippen LogP contribution in [0.2, 0.25) is 0 Å². The van der Waals surface area contributed by atoms with Crippen molar-refractivity contribution in [1.29, 1.82) is 0 Å². The van der Waals surface area contributed by atoms with Crippen LogP contribution in [0.4, 0.5) is 10.1 Å². The van der Waals surface area contributed by atoms with Crippen molar-refractivity contribution in [3.05, 3.63) is 22.5 Å². The van der Waals surface area contributed by atoms with Gasteiger partial charge in [0.2, 0.25) is 11.8 Å². The molecule has 2 amide bonds. The Balaban J connectivity index is 1.66. The molecule has 12 nitrogen and oxygen atoms in total. The number of nitrogens with one attached hydrogen (secondary N) is 1. The number of carbonyl (C=O) groups excluding carboxylic acids is 6. The number of Topliss-reactive ketones (excluding diaryl/α,β-unsaturated/α-hetero) is 4. The number of phenolic OH excluding ortho intramolecular Hbond substituents is 1. The minimum absolute atomic E-state index is 0.0187. The van der Waals surface area contributed by atoms with Crippen molar-refractivity contribution in [2.24, 2.45) is 29.4 Å². The molecule has 2 fully saturated rings. The highest BCUT2D eigenvalue weighted by Crippen LogP contribution is 2.52. The Morgan fingerprint density at radius 1 is 1.15 bits per heavy atom. The number of amides is 2. The number of carbonyl (C=O) groups is 6. The van der Waals surface area contributed by atoms with Crippen LogP contribution in [0.25, 0.3) is 0 Å². The fourth-order valence-corrected chi connectivity index (χ4v) is 6.85. The van der Waals surface area contributed by atoms with Crippen LogP contribution in [0.1, 0.15) is 34.8 Å². The lowest BCUT2D eigenvalue weighted by Crippen LogP contribution is -2.74. The Morgan fingerprint density at radius 3 is 2.38 bits per heavy atom. The fourth-order valence-electron chi connectivity index (χ4n) is 6.85. The SMILES string of the molecule is C[C@H]1C(=O)Nc2c(O)c3c(c(F)c2CN1C)C[C@H]1C[C@H]2[C@H](N(C)C)C(=O)C(C(N)=O)C(=O)[C@@]2(O)C(=O)C1C3=O. The van der Waals surface area contributed by atoms with Crippen molar-refractivity contribution in [3.63, 3.8) is 0 Å². The lowest BCUT2D eigenvalue weighted by Gasteiger charge is -2.52. The predicted octanol–water partition coefficient (Wildman–Crippen LogP) is -1.22. The maximum Gasteiger partial charge on any atom is 0.241 e. The highest BCUT2D eigenvalue weighted by Gasteiger charge is 2.69. The summed E-state index contributed by atoms with van der Waals surface area (Å²) in [7, 11) is 4.57. The molecule has 0 saturated heterocycles. The van der Waals surface area contributed by atoms with Gasteiger partial charge in [-0.2, -0.15) is 0 Å². The van der Waals surface area contributed by atoms with Gasteiger partial charge in [-0.1, -0.05) is 0 Å². The molecule has 0 bridgehead atoms. The van der Waals surface area contributed by atoms with E-state index in [-0.39, 0.29) is 36.2 Å². The number of likely N-dealkylation sites (N-methyl/N-ethyl adjacent to an activating group) is 2. The van der Waals surface area contributed by atoms with Crippen molar-refractivity contribution >= 4 is 40.6 Å². The molecule has 3 aliphatic carbocycles. The number of aliphatic hydroxyl groups is 1. The predicted molar refractivity (Wildman–Crippen MR) is 131 cm³/mol. The number of halogens is 1. The number of hydrogen-bond donors (Lipinski definition) is 4. The number of nitrogens with two attached hydrogens (primary N) is 1. The normalized spacial score (nSPS) is 34.6. The van der Waals surface area contributed by atoms with Crippen LogP contribution in [0.5, 0.6) is 5.75 Å². The third-order valence-electron chi connectivity index (χ3n) is 8.96. The summed E-state index contributed by atoms with van der Waals surface area (Å²) in [6, 6.07) is -1.92. The van der Waals surface area contributed by atoms with Crippen LogP contribution >= 0.6 is 0 Å². The summed E-state index contributed by atoms with van der Waals surface area (Å²) in [5.41, 5.74) is 1.49. The summed E-state index contributed by atoms with van der Waals surface area (Å²) in [5.74, 6) is -13.8. The van der Waals surface area contributed by atoms with Crippen molar-refractivity contribution in [2.45, 2.75) is 44.0 Å².